The zero-order valence-electron chi connectivity index (χ0n) is 10.3. The van der Waals surface area contributed by atoms with Crippen LogP contribution in [0.2, 0.25) is 0 Å². The van der Waals surface area contributed by atoms with Crippen molar-refractivity contribution in [2.24, 2.45) is 0 Å². The van der Waals surface area contributed by atoms with Crippen LogP contribution in [0.15, 0.2) is 40.8 Å². The normalized spacial score (nSPS) is 11.1. The molecule has 0 amide bonds. The summed E-state index contributed by atoms with van der Waals surface area (Å²) in [5.41, 5.74) is 2.04. The van der Waals surface area contributed by atoms with Gasteiger partial charge in [-0.1, -0.05) is 12.1 Å². The lowest BCUT2D eigenvalue weighted by molar-refractivity contribution is 0.599. The fourth-order valence-electron chi connectivity index (χ4n) is 2.02. The summed E-state index contributed by atoms with van der Waals surface area (Å²) in [6.45, 7) is 2.22. The van der Waals surface area contributed by atoms with Gasteiger partial charge in [-0.3, -0.25) is 4.79 Å². The Kier molecular flexibility index (Phi) is 2.91. The van der Waals surface area contributed by atoms with Crippen molar-refractivity contribution in [2.45, 2.75) is 13.5 Å². The van der Waals surface area contributed by atoms with E-state index in [-0.39, 0.29) is 11.4 Å². The van der Waals surface area contributed by atoms with Gasteiger partial charge in [0, 0.05) is 5.56 Å². The highest BCUT2D eigenvalue weighted by atomic mass is 32.1. The molecule has 5 heteroatoms. The van der Waals surface area contributed by atoms with Gasteiger partial charge in [0.05, 0.1) is 18.4 Å². The van der Waals surface area contributed by atoms with Gasteiger partial charge in [-0.25, -0.2) is 4.39 Å². The van der Waals surface area contributed by atoms with E-state index >= 15 is 0 Å². The van der Waals surface area contributed by atoms with E-state index in [1.807, 2.05) is 24.4 Å². The minimum atomic E-state index is -0.234. The number of nitrogens with zero attached hydrogens (tertiary/aromatic N) is 2. The summed E-state index contributed by atoms with van der Waals surface area (Å²) in [4.78, 5) is 15.4. The maximum Gasteiger partial charge on any atom is 0.290 e. The van der Waals surface area contributed by atoms with Gasteiger partial charge in [0.25, 0.3) is 5.56 Å². The van der Waals surface area contributed by atoms with E-state index in [0.29, 0.717) is 16.8 Å². The largest absolute Gasteiger partial charge is 0.326 e. The summed E-state index contributed by atoms with van der Waals surface area (Å²) >= 11 is 1.36. The summed E-state index contributed by atoms with van der Waals surface area (Å²) in [7, 11) is 0. The number of fused-ring (bicyclic) bond motifs is 1. The molecule has 0 bridgehead atoms. The Hall–Kier alpha value is -2.01. The second kappa shape index (κ2) is 4.59. The molecular weight excluding hydrogens is 263 g/mol. The van der Waals surface area contributed by atoms with Gasteiger partial charge in [0.1, 0.15) is 10.5 Å². The quantitative estimate of drug-likeness (QED) is 0.720. The first-order chi connectivity index (χ1) is 9.15. The first kappa shape index (κ1) is 12.0. The summed E-state index contributed by atoms with van der Waals surface area (Å²) in [5.74, 6) is -0.234. The first-order valence-electron chi connectivity index (χ1n) is 5.83. The average molecular weight is 274 g/mol. The molecule has 1 aromatic carbocycles. The molecule has 19 heavy (non-hydrogen) atoms. The Morgan fingerprint density at radius 2 is 2.21 bits per heavy atom. The predicted octanol–water partition coefficient (Wildman–Crippen LogP) is 2.95. The number of rotatable bonds is 2. The molecule has 0 saturated heterocycles. The molecule has 0 aliphatic carbocycles. The molecule has 3 rings (SSSR count). The molecule has 0 radical (unpaired) electrons. The molecular formula is C14H11FN2OS. The van der Waals surface area contributed by atoms with E-state index in [0.717, 1.165) is 11.1 Å². The predicted molar refractivity (Wildman–Crippen MR) is 74.1 cm³/mol. The van der Waals surface area contributed by atoms with Crippen molar-refractivity contribution in [3.63, 3.8) is 0 Å². The van der Waals surface area contributed by atoms with Crippen LogP contribution in [0, 0.1) is 12.7 Å². The molecule has 0 fully saturated rings. The number of hydrogen-bond donors (Lipinski definition) is 0. The lowest BCUT2D eigenvalue weighted by Crippen LogP contribution is -2.11. The third-order valence-electron chi connectivity index (χ3n) is 3.01. The number of aryl methyl sites for hydroxylation is 1. The van der Waals surface area contributed by atoms with Gasteiger partial charge >= 0.3 is 0 Å². The number of thiophene rings is 1. The van der Waals surface area contributed by atoms with Crippen LogP contribution in [0.5, 0.6) is 0 Å². The van der Waals surface area contributed by atoms with Gasteiger partial charge in [-0.2, -0.15) is 4.98 Å². The van der Waals surface area contributed by atoms with Crippen LogP contribution in [0.4, 0.5) is 4.39 Å². The van der Waals surface area contributed by atoms with Crippen LogP contribution >= 0.6 is 11.3 Å². The van der Waals surface area contributed by atoms with Gasteiger partial charge in [0.15, 0.2) is 0 Å². The van der Waals surface area contributed by atoms with Crippen molar-refractivity contribution in [1.82, 2.24) is 9.55 Å². The summed E-state index contributed by atoms with van der Waals surface area (Å²) in [6, 6.07) is 7.01. The zero-order chi connectivity index (χ0) is 13.4. The van der Waals surface area contributed by atoms with Crippen LogP contribution in [0.25, 0.3) is 10.2 Å². The third kappa shape index (κ3) is 2.17. The highest BCUT2D eigenvalue weighted by molar-refractivity contribution is 7.17. The van der Waals surface area contributed by atoms with Gasteiger partial charge in [0.2, 0.25) is 0 Å². The van der Waals surface area contributed by atoms with E-state index < -0.39 is 0 Å². The Morgan fingerprint density at radius 1 is 1.37 bits per heavy atom. The maximum atomic E-state index is 13.8. The second-order valence-corrected chi connectivity index (χ2v) is 5.32. The SMILES string of the molecule is Cc1ccc(Cn2cnc(=O)c3sccc32)c(F)c1. The van der Waals surface area contributed by atoms with E-state index in [1.54, 1.807) is 10.6 Å². The number of aromatic nitrogens is 2. The summed E-state index contributed by atoms with van der Waals surface area (Å²) in [6.07, 6.45) is 1.47. The monoisotopic (exact) mass is 274 g/mol. The van der Waals surface area contributed by atoms with E-state index in [1.165, 1.54) is 23.7 Å². The lowest BCUT2D eigenvalue weighted by atomic mass is 10.1. The smallest absolute Gasteiger partial charge is 0.290 e. The number of benzene rings is 1. The Balaban J connectivity index is 2.08. The average Bonchev–Trinajstić information content (AvgIpc) is 2.86. The van der Waals surface area contributed by atoms with Crippen molar-refractivity contribution in [2.75, 3.05) is 0 Å². The van der Waals surface area contributed by atoms with Crippen LogP contribution < -0.4 is 5.56 Å². The fourth-order valence-corrected chi connectivity index (χ4v) is 2.81. The van der Waals surface area contributed by atoms with Crippen molar-refractivity contribution in [1.29, 1.82) is 0 Å². The standard InChI is InChI=1S/C14H11FN2OS/c1-9-2-3-10(11(15)6-9)7-17-8-16-14(18)13-12(17)4-5-19-13/h2-6,8H,7H2,1H3. The second-order valence-electron chi connectivity index (χ2n) is 4.41. The van der Waals surface area contributed by atoms with Gasteiger partial charge in [-0.15, -0.1) is 11.3 Å². The molecule has 0 unspecified atom stereocenters. The third-order valence-corrected chi connectivity index (χ3v) is 3.90. The highest BCUT2D eigenvalue weighted by Crippen LogP contribution is 2.18. The molecule has 2 aromatic heterocycles. The summed E-state index contributed by atoms with van der Waals surface area (Å²) < 4.78 is 16.2. The Bertz CT molecular complexity index is 807. The molecule has 3 nitrogen and oxygen atoms in total. The molecule has 0 N–H and O–H groups in total. The van der Waals surface area contributed by atoms with Crippen LogP contribution in [-0.2, 0) is 6.54 Å². The molecule has 2 heterocycles. The Labute approximate surface area is 113 Å². The van der Waals surface area contributed by atoms with Crippen molar-refractivity contribution >= 4 is 21.6 Å². The molecule has 0 saturated carbocycles. The fraction of sp³-hybridized carbons (Fsp3) is 0.143. The number of hydrogen-bond acceptors (Lipinski definition) is 3. The Morgan fingerprint density at radius 3 is 3.00 bits per heavy atom. The van der Waals surface area contributed by atoms with E-state index in [4.69, 9.17) is 0 Å². The van der Waals surface area contributed by atoms with Crippen LogP contribution in [0.3, 0.4) is 0 Å². The highest BCUT2D eigenvalue weighted by Gasteiger charge is 2.08. The van der Waals surface area contributed by atoms with E-state index in [2.05, 4.69) is 4.98 Å². The van der Waals surface area contributed by atoms with E-state index in [9.17, 15) is 9.18 Å². The minimum Gasteiger partial charge on any atom is -0.326 e. The molecule has 0 spiro atoms. The van der Waals surface area contributed by atoms with Crippen molar-refractivity contribution < 1.29 is 4.39 Å². The van der Waals surface area contributed by atoms with Gasteiger partial charge < -0.3 is 4.57 Å². The molecule has 96 valence electrons. The topological polar surface area (TPSA) is 34.9 Å². The van der Waals surface area contributed by atoms with Gasteiger partial charge in [-0.05, 0) is 30.0 Å². The molecule has 3 aromatic rings. The van der Waals surface area contributed by atoms with Crippen molar-refractivity contribution in [3.8, 4) is 0 Å². The summed E-state index contributed by atoms with van der Waals surface area (Å²) in [5, 5.41) is 1.84. The minimum absolute atomic E-state index is 0.231. The molecule has 0 aliphatic heterocycles. The van der Waals surface area contributed by atoms with Crippen molar-refractivity contribution in [3.05, 3.63) is 63.3 Å². The molecule has 0 atom stereocenters. The molecule has 0 aliphatic rings. The maximum absolute atomic E-state index is 13.8. The van der Waals surface area contributed by atoms with Crippen LogP contribution in [-0.4, -0.2) is 9.55 Å². The zero-order valence-corrected chi connectivity index (χ0v) is 11.1. The number of halogens is 1. The first-order valence-corrected chi connectivity index (χ1v) is 6.71. The lowest BCUT2D eigenvalue weighted by Gasteiger charge is -2.09. The van der Waals surface area contributed by atoms with Crippen LogP contribution in [0.1, 0.15) is 11.1 Å².